The van der Waals surface area contributed by atoms with Crippen LogP contribution in [0.15, 0.2) is 59.3 Å². The number of hydrogen-bond acceptors (Lipinski definition) is 5. The molecule has 3 aliphatic rings. The van der Waals surface area contributed by atoms with Crippen molar-refractivity contribution in [2.24, 2.45) is 5.41 Å². The number of rotatable bonds is 4. The smallest absolute Gasteiger partial charge is 0.371 e. The normalized spacial score (nSPS) is 19.1. The Balaban J connectivity index is 1.15. The van der Waals surface area contributed by atoms with Gasteiger partial charge in [-0.25, -0.2) is 4.98 Å². The molecular formula is C30H27F3N4O. The Morgan fingerprint density at radius 3 is 2.53 bits per heavy atom. The van der Waals surface area contributed by atoms with Gasteiger partial charge in [-0.05, 0) is 74.3 Å². The van der Waals surface area contributed by atoms with Crippen LogP contribution in [0.25, 0.3) is 27.9 Å². The molecule has 4 aromatic rings. The van der Waals surface area contributed by atoms with Crippen LogP contribution in [0.4, 0.5) is 18.9 Å². The molecule has 1 spiro atoms. The number of halogens is 3. The number of benzene rings is 2. The number of anilines is 1. The van der Waals surface area contributed by atoms with Crippen LogP contribution in [0.1, 0.15) is 60.6 Å². The summed E-state index contributed by atoms with van der Waals surface area (Å²) in [5.41, 5.74) is 5.53. The van der Waals surface area contributed by atoms with E-state index >= 15 is 0 Å². The predicted molar refractivity (Wildman–Crippen MR) is 140 cm³/mol. The van der Waals surface area contributed by atoms with Gasteiger partial charge in [0.25, 0.3) is 0 Å². The zero-order valence-electron chi connectivity index (χ0n) is 21.1. The van der Waals surface area contributed by atoms with E-state index in [1.54, 1.807) is 12.3 Å². The largest absolute Gasteiger partial charge is 0.417 e. The van der Waals surface area contributed by atoms with Gasteiger partial charge in [-0.15, -0.1) is 0 Å². The second kappa shape index (κ2) is 8.41. The van der Waals surface area contributed by atoms with Gasteiger partial charge in [-0.3, -0.25) is 4.98 Å². The standard InChI is InChI=1S/C30H27F3N4O/c1-18-17-34-25-14-21(8-9-24(25)35-18)37-12-10-29(11-13-37)15-20(16-29)26-27(36-38-28(26)19-6-7-19)22-4-2-3-5-23(22)30(31,32)33/h2-5,8-9,14-15,17,19H,6-7,10-13,16H2,1H3. The molecule has 1 aliphatic heterocycles. The molecule has 194 valence electrons. The van der Waals surface area contributed by atoms with E-state index in [2.05, 4.69) is 38.2 Å². The van der Waals surface area contributed by atoms with E-state index in [1.165, 1.54) is 12.1 Å². The van der Waals surface area contributed by atoms with Crippen LogP contribution in [0.3, 0.4) is 0 Å². The van der Waals surface area contributed by atoms with Crippen molar-refractivity contribution in [2.75, 3.05) is 18.0 Å². The summed E-state index contributed by atoms with van der Waals surface area (Å²) in [7, 11) is 0. The minimum atomic E-state index is -4.46. The van der Waals surface area contributed by atoms with Crippen LogP contribution >= 0.6 is 0 Å². The maximum absolute atomic E-state index is 13.8. The molecule has 1 saturated carbocycles. The van der Waals surface area contributed by atoms with E-state index in [0.29, 0.717) is 5.69 Å². The Kier molecular flexibility index (Phi) is 5.19. The minimum Gasteiger partial charge on any atom is -0.371 e. The number of alkyl halides is 3. The molecule has 2 aromatic carbocycles. The molecule has 0 radical (unpaired) electrons. The molecule has 0 amide bonds. The highest BCUT2D eigenvalue weighted by atomic mass is 19.4. The number of aromatic nitrogens is 3. The topological polar surface area (TPSA) is 55.1 Å². The van der Waals surface area contributed by atoms with Gasteiger partial charge in [0, 0.05) is 42.0 Å². The fourth-order valence-electron chi connectivity index (χ4n) is 6.06. The quantitative estimate of drug-likeness (QED) is 0.280. The van der Waals surface area contributed by atoms with Crippen molar-refractivity contribution in [3.63, 3.8) is 0 Å². The van der Waals surface area contributed by atoms with E-state index in [1.807, 2.05) is 13.0 Å². The van der Waals surface area contributed by atoms with Crippen LogP contribution in [0.5, 0.6) is 0 Å². The van der Waals surface area contributed by atoms with Crippen molar-refractivity contribution in [3.05, 3.63) is 77.3 Å². The fraction of sp³-hybridized carbons (Fsp3) is 0.367. The van der Waals surface area contributed by atoms with Gasteiger partial charge in [0.1, 0.15) is 11.5 Å². The zero-order valence-corrected chi connectivity index (χ0v) is 21.1. The SMILES string of the molecule is Cc1cnc2cc(N3CCC4(C=C(c5c(-c6ccccc6C(F)(F)F)noc5C5CC5)C4)CC3)ccc2n1. The second-order valence-corrected chi connectivity index (χ2v) is 11.0. The predicted octanol–water partition coefficient (Wildman–Crippen LogP) is 7.56. The molecule has 38 heavy (non-hydrogen) atoms. The van der Waals surface area contributed by atoms with Gasteiger partial charge < -0.3 is 9.42 Å². The molecule has 2 fully saturated rings. The average Bonchev–Trinajstić information content (AvgIpc) is 3.65. The van der Waals surface area contributed by atoms with Crippen molar-refractivity contribution in [1.82, 2.24) is 15.1 Å². The Bertz CT molecular complexity index is 1580. The summed E-state index contributed by atoms with van der Waals surface area (Å²) < 4.78 is 47.2. The van der Waals surface area contributed by atoms with Crippen LogP contribution in [-0.2, 0) is 6.18 Å². The first-order valence-corrected chi connectivity index (χ1v) is 13.2. The first-order valence-electron chi connectivity index (χ1n) is 13.2. The van der Waals surface area contributed by atoms with Crippen molar-refractivity contribution >= 4 is 22.3 Å². The number of allylic oxidation sites excluding steroid dienone is 2. The summed E-state index contributed by atoms with van der Waals surface area (Å²) in [6, 6.07) is 11.9. The van der Waals surface area contributed by atoms with Crippen LogP contribution in [-0.4, -0.2) is 28.2 Å². The lowest BCUT2D eigenvalue weighted by Gasteiger charge is -2.47. The Hall–Kier alpha value is -3.68. The molecule has 0 N–H and O–H groups in total. The number of aryl methyl sites for hydroxylation is 1. The monoisotopic (exact) mass is 516 g/mol. The summed E-state index contributed by atoms with van der Waals surface area (Å²) in [4.78, 5) is 11.5. The van der Waals surface area contributed by atoms with Gasteiger partial charge in [0.05, 0.1) is 22.3 Å². The van der Waals surface area contributed by atoms with Gasteiger partial charge in [0.2, 0.25) is 0 Å². The molecule has 3 heterocycles. The highest BCUT2D eigenvalue weighted by Gasteiger charge is 2.44. The maximum atomic E-state index is 13.8. The van der Waals surface area contributed by atoms with Gasteiger partial charge in [-0.1, -0.05) is 29.4 Å². The van der Waals surface area contributed by atoms with Gasteiger partial charge >= 0.3 is 6.18 Å². The van der Waals surface area contributed by atoms with Crippen molar-refractivity contribution < 1.29 is 17.7 Å². The Morgan fingerprint density at radius 2 is 1.79 bits per heavy atom. The first-order chi connectivity index (χ1) is 18.3. The lowest BCUT2D eigenvalue weighted by atomic mass is 9.63. The summed E-state index contributed by atoms with van der Waals surface area (Å²) in [5, 5.41) is 4.21. The third-order valence-electron chi connectivity index (χ3n) is 8.27. The average molecular weight is 517 g/mol. The Labute approximate surface area is 218 Å². The molecule has 0 unspecified atom stereocenters. The van der Waals surface area contributed by atoms with Crippen LogP contribution in [0, 0.1) is 12.3 Å². The molecule has 0 atom stereocenters. The Morgan fingerprint density at radius 1 is 1.03 bits per heavy atom. The van der Waals surface area contributed by atoms with Crippen molar-refractivity contribution in [3.8, 4) is 11.3 Å². The number of hydrogen-bond donors (Lipinski definition) is 0. The molecule has 7 rings (SSSR count). The third-order valence-corrected chi connectivity index (χ3v) is 8.27. The van der Waals surface area contributed by atoms with E-state index in [9.17, 15) is 13.2 Å². The van der Waals surface area contributed by atoms with E-state index in [0.717, 1.165) is 90.6 Å². The fourth-order valence-corrected chi connectivity index (χ4v) is 6.06. The zero-order chi connectivity index (χ0) is 26.1. The lowest BCUT2D eigenvalue weighted by molar-refractivity contribution is -0.137. The third kappa shape index (κ3) is 3.97. The van der Waals surface area contributed by atoms with Crippen LogP contribution in [0.2, 0.25) is 0 Å². The number of piperidine rings is 1. The van der Waals surface area contributed by atoms with E-state index in [4.69, 9.17) is 4.52 Å². The lowest BCUT2D eigenvalue weighted by Crippen LogP contribution is -2.42. The molecule has 2 aromatic heterocycles. The molecule has 2 aliphatic carbocycles. The number of fused-ring (bicyclic) bond motifs is 1. The summed E-state index contributed by atoms with van der Waals surface area (Å²) in [6.45, 7) is 3.77. The summed E-state index contributed by atoms with van der Waals surface area (Å²) in [6.07, 6.45) is 4.43. The van der Waals surface area contributed by atoms with Gasteiger partial charge in [-0.2, -0.15) is 13.2 Å². The molecular weight excluding hydrogens is 489 g/mol. The van der Waals surface area contributed by atoms with E-state index < -0.39 is 11.7 Å². The second-order valence-electron chi connectivity index (χ2n) is 11.0. The highest BCUT2D eigenvalue weighted by Crippen LogP contribution is 2.56. The molecule has 5 nitrogen and oxygen atoms in total. The summed E-state index contributed by atoms with van der Waals surface area (Å²) >= 11 is 0. The maximum Gasteiger partial charge on any atom is 0.417 e. The van der Waals surface area contributed by atoms with Crippen molar-refractivity contribution in [2.45, 2.75) is 51.1 Å². The van der Waals surface area contributed by atoms with Crippen LogP contribution < -0.4 is 4.90 Å². The molecule has 0 bridgehead atoms. The minimum absolute atomic E-state index is 0.0680. The summed E-state index contributed by atoms with van der Waals surface area (Å²) in [5.74, 6) is 1.01. The molecule has 8 heteroatoms. The van der Waals surface area contributed by atoms with Gasteiger partial charge in [0.15, 0.2) is 0 Å². The van der Waals surface area contributed by atoms with Crippen molar-refractivity contribution in [1.29, 1.82) is 0 Å². The first kappa shape index (κ1) is 23.4. The van der Waals surface area contributed by atoms with E-state index in [-0.39, 0.29) is 16.9 Å². The highest BCUT2D eigenvalue weighted by molar-refractivity contribution is 5.85. The number of nitrogens with zero attached hydrogens (tertiary/aromatic N) is 4. The molecule has 1 saturated heterocycles.